The van der Waals surface area contributed by atoms with E-state index in [1.807, 2.05) is 24.4 Å². The Morgan fingerprint density at radius 1 is 1.00 bits per heavy atom. The number of benzene rings is 2. The zero-order valence-electron chi connectivity index (χ0n) is 15.0. The molecule has 0 saturated carbocycles. The van der Waals surface area contributed by atoms with Crippen molar-refractivity contribution in [2.24, 2.45) is 0 Å². The summed E-state index contributed by atoms with van der Waals surface area (Å²) in [5.41, 5.74) is 5.17. The maximum Gasteiger partial charge on any atom is 0.253 e. The molecule has 0 bridgehead atoms. The molecule has 4 nitrogen and oxygen atoms in total. The highest BCUT2D eigenvalue weighted by Gasteiger charge is 2.20. The average Bonchev–Trinajstić information content (AvgIpc) is 2.69. The van der Waals surface area contributed by atoms with Crippen molar-refractivity contribution in [2.75, 3.05) is 18.4 Å². The number of hydrogen-bond donors (Lipinski definition) is 2. The monoisotopic (exact) mass is 347 g/mol. The molecule has 2 aromatic rings. The third-order valence-electron chi connectivity index (χ3n) is 5.18. The Labute approximate surface area is 154 Å². The van der Waals surface area contributed by atoms with Gasteiger partial charge in [0.1, 0.15) is 0 Å². The van der Waals surface area contributed by atoms with Crippen LogP contribution in [0.15, 0.2) is 54.7 Å². The number of fused-ring (bicyclic) bond motifs is 1. The molecule has 2 N–H and O–H groups in total. The number of nitrogens with one attached hydrogen (secondary N) is 2. The highest BCUT2D eigenvalue weighted by molar-refractivity contribution is 6.21. The van der Waals surface area contributed by atoms with E-state index in [-0.39, 0.29) is 5.91 Å². The fourth-order valence-corrected chi connectivity index (χ4v) is 3.71. The van der Waals surface area contributed by atoms with Crippen molar-refractivity contribution in [2.45, 2.75) is 32.4 Å². The smallest absolute Gasteiger partial charge is 0.253 e. The molecule has 0 radical (unpaired) electrons. The van der Waals surface area contributed by atoms with Crippen LogP contribution in [-0.4, -0.2) is 23.9 Å². The maximum atomic E-state index is 12.2. The first kappa shape index (κ1) is 16.9. The van der Waals surface area contributed by atoms with Gasteiger partial charge in [0.25, 0.3) is 5.91 Å². The summed E-state index contributed by atoms with van der Waals surface area (Å²) >= 11 is 0. The molecule has 2 heterocycles. The zero-order valence-corrected chi connectivity index (χ0v) is 15.0. The SMILES string of the molecule is O=C1NCc2ccccc2C1=CNc1ccc(CN2CCCCC2)cc1. The Kier molecular flexibility index (Phi) is 5.02. The molecule has 2 aromatic carbocycles. The van der Waals surface area contributed by atoms with Gasteiger partial charge in [-0.05, 0) is 54.8 Å². The number of likely N-dealkylation sites (tertiary alicyclic amines) is 1. The molecule has 1 fully saturated rings. The van der Waals surface area contributed by atoms with Gasteiger partial charge in [-0.2, -0.15) is 0 Å². The number of carbonyl (C=O) groups excluding carboxylic acids is 1. The topological polar surface area (TPSA) is 44.4 Å². The Balaban J connectivity index is 1.44. The predicted octanol–water partition coefficient (Wildman–Crippen LogP) is 3.76. The van der Waals surface area contributed by atoms with Crippen LogP contribution in [0.5, 0.6) is 0 Å². The summed E-state index contributed by atoms with van der Waals surface area (Å²) in [6, 6.07) is 16.5. The van der Waals surface area contributed by atoms with Gasteiger partial charge in [0.05, 0.1) is 5.57 Å². The van der Waals surface area contributed by atoms with Crippen molar-refractivity contribution < 1.29 is 4.79 Å². The molecule has 0 atom stereocenters. The summed E-state index contributed by atoms with van der Waals surface area (Å²) in [4.78, 5) is 14.8. The van der Waals surface area contributed by atoms with Gasteiger partial charge in [0.2, 0.25) is 0 Å². The number of amides is 1. The summed E-state index contributed by atoms with van der Waals surface area (Å²) in [5.74, 6) is -0.0297. The molecule has 4 heteroatoms. The first-order valence-corrected chi connectivity index (χ1v) is 9.44. The van der Waals surface area contributed by atoms with E-state index >= 15 is 0 Å². The highest BCUT2D eigenvalue weighted by Crippen LogP contribution is 2.24. The fourth-order valence-electron chi connectivity index (χ4n) is 3.71. The van der Waals surface area contributed by atoms with Crippen LogP contribution >= 0.6 is 0 Å². The van der Waals surface area contributed by atoms with E-state index < -0.39 is 0 Å². The zero-order chi connectivity index (χ0) is 17.8. The molecule has 1 amide bonds. The number of piperidine rings is 1. The quantitative estimate of drug-likeness (QED) is 0.828. The van der Waals surface area contributed by atoms with Crippen LogP contribution in [0, 0.1) is 0 Å². The third-order valence-corrected chi connectivity index (χ3v) is 5.18. The van der Waals surface area contributed by atoms with Crippen molar-refractivity contribution in [3.05, 3.63) is 71.4 Å². The van der Waals surface area contributed by atoms with E-state index in [1.54, 1.807) is 0 Å². The second-order valence-corrected chi connectivity index (χ2v) is 7.08. The standard InChI is InChI=1S/C22H25N3O/c26-22-21(20-7-3-2-6-18(20)14-24-22)15-23-19-10-8-17(9-11-19)16-25-12-4-1-5-13-25/h2-3,6-11,15,23H,1,4-5,12-14,16H2,(H,24,26). The minimum Gasteiger partial charge on any atom is -0.361 e. The lowest BCUT2D eigenvalue weighted by atomic mass is 9.96. The minimum atomic E-state index is -0.0297. The van der Waals surface area contributed by atoms with Crippen molar-refractivity contribution in [3.8, 4) is 0 Å². The van der Waals surface area contributed by atoms with Gasteiger partial charge in [-0.25, -0.2) is 0 Å². The van der Waals surface area contributed by atoms with E-state index in [4.69, 9.17) is 0 Å². The summed E-state index contributed by atoms with van der Waals surface area (Å²) in [6.45, 7) is 4.04. The van der Waals surface area contributed by atoms with Crippen molar-refractivity contribution >= 4 is 17.2 Å². The lowest BCUT2D eigenvalue weighted by Crippen LogP contribution is -2.29. The Bertz CT molecular complexity index is 804. The number of rotatable bonds is 4. The number of anilines is 1. The molecular formula is C22H25N3O. The van der Waals surface area contributed by atoms with Crippen LogP contribution in [-0.2, 0) is 17.9 Å². The first-order chi connectivity index (χ1) is 12.8. The Hall–Kier alpha value is -2.59. The van der Waals surface area contributed by atoms with Crippen molar-refractivity contribution in [3.63, 3.8) is 0 Å². The number of carbonyl (C=O) groups is 1. The number of nitrogens with zero attached hydrogens (tertiary/aromatic N) is 1. The maximum absolute atomic E-state index is 12.2. The first-order valence-electron chi connectivity index (χ1n) is 9.44. The third kappa shape index (κ3) is 3.81. The van der Waals surface area contributed by atoms with Gasteiger partial charge in [0, 0.05) is 25.0 Å². The summed E-state index contributed by atoms with van der Waals surface area (Å²) in [7, 11) is 0. The van der Waals surface area contributed by atoms with Crippen LogP contribution in [0.2, 0.25) is 0 Å². The van der Waals surface area contributed by atoms with Gasteiger partial charge >= 0.3 is 0 Å². The number of hydrogen-bond acceptors (Lipinski definition) is 3. The van der Waals surface area contributed by atoms with Crippen molar-refractivity contribution in [1.29, 1.82) is 0 Å². The molecule has 2 aliphatic rings. The Morgan fingerprint density at radius 3 is 2.58 bits per heavy atom. The molecule has 1 saturated heterocycles. The molecule has 0 spiro atoms. The molecule has 134 valence electrons. The molecule has 0 aromatic heterocycles. The lowest BCUT2D eigenvalue weighted by molar-refractivity contribution is -0.116. The largest absolute Gasteiger partial charge is 0.361 e. The van der Waals surface area contributed by atoms with E-state index in [0.29, 0.717) is 12.1 Å². The van der Waals surface area contributed by atoms with Crippen molar-refractivity contribution in [1.82, 2.24) is 10.2 Å². The second-order valence-electron chi connectivity index (χ2n) is 7.08. The normalized spacial score (nSPS) is 19.1. The summed E-state index contributed by atoms with van der Waals surface area (Å²) in [5, 5.41) is 6.21. The van der Waals surface area contributed by atoms with Gasteiger partial charge in [-0.1, -0.05) is 42.8 Å². The van der Waals surface area contributed by atoms with E-state index in [9.17, 15) is 4.79 Å². The Morgan fingerprint density at radius 2 is 1.77 bits per heavy atom. The molecule has 0 aliphatic carbocycles. The predicted molar refractivity (Wildman–Crippen MR) is 105 cm³/mol. The van der Waals surface area contributed by atoms with Gasteiger partial charge in [-0.3, -0.25) is 9.69 Å². The molecule has 26 heavy (non-hydrogen) atoms. The highest BCUT2D eigenvalue weighted by atomic mass is 16.1. The van der Waals surface area contributed by atoms with Crippen LogP contribution in [0.25, 0.3) is 5.57 Å². The molecular weight excluding hydrogens is 322 g/mol. The molecule has 4 rings (SSSR count). The van der Waals surface area contributed by atoms with E-state index in [1.165, 1.54) is 37.9 Å². The molecule has 2 aliphatic heterocycles. The fraction of sp³-hybridized carbons (Fsp3) is 0.318. The second kappa shape index (κ2) is 7.75. The van der Waals surface area contributed by atoms with E-state index in [0.717, 1.165) is 23.4 Å². The van der Waals surface area contributed by atoms with E-state index in [2.05, 4.69) is 45.9 Å². The van der Waals surface area contributed by atoms with Gasteiger partial charge < -0.3 is 10.6 Å². The van der Waals surface area contributed by atoms with Crippen LogP contribution in [0.4, 0.5) is 5.69 Å². The van der Waals surface area contributed by atoms with Crippen LogP contribution in [0.1, 0.15) is 36.0 Å². The van der Waals surface area contributed by atoms with Crippen LogP contribution in [0.3, 0.4) is 0 Å². The minimum absolute atomic E-state index is 0.0297. The van der Waals surface area contributed by atoms with Crippen LogP contribution < -0.4 is 10.6 Å². The van der Waals surface area contributed by atoms with Gasteiger partial charge in [-0.15, -0.1) is 0 Å². The molecule has 0 unspecified atom stereocenters. The lowest BCUT2D eigenvalue weighted by Gasteiger charge is -2.26. The summed E-state index contributed by atoms with van der Waals surface area (Å²) in [6.07, 6.45) is 5.81. The summed E-state index contributed by atoms with van der Waals surface area (Å²) < 4.78 is 0. The average molecular weight is 347 g/mol. The van der Waals surface area contributed by atoms with Gasteiger partial charge in [0.15, 0.2) is 0 Å².